The SMILES string of the molecule is N=C(CC(NC(=O)Nc1cc(-c2ccccc2)ccc1O)c1ccccc1O)c1cccnc1. The average Bonchev–Trinajstić information content (AvgIpc) is 2.86. The Morgan fingerprint density at radius 1 is 0.882 bits per heavy atom. The normalized spacial score (nSPS) is 11.4. The number of carbonyl (C=O) groups is 1. The summed E-state index contributed by atoms with van der Waals surface area (Å²) >= 11 is 0. The Kier molecular flexibility index (Phi) is 6.84. The summed E-state index contributed by atoms with van der Waals surface area (Å²) in [6.07, 6.45) is 3.34. The molecule has 34 heavy (non-hydrogen) atoms. The van der Waals surface area contributed by atoms with Gasteiger partial charge >= 0.3 is 6.03 Å². The van der Waals surface area contributed by atoms with E-state index in [1.165, 1.54) is 12.1 Å². The Bertz CT molecular complexity index is 1290. The van der Waals surface area contributed by atoms with Gasteiger partial charge in [0.2, 0.25) is 0 Å². The highest BCUT2D eigenvalue weighted by atomic mass is 16.3. The maximum absolute atomic E-state index is 12.9. The van der Waals surface area contributed by atoms with Crippen molar-refractivity contribution in [2.45, 2.75) is 12.5 Å². The van der Waals surface area contributed by atoms with Gasteiger partial charge in [0.1, 0.15) is 11.5 Å². The molecule has 5 N–H and O–H groups in total. The van der Waals surface area contributed by atoms with Gasteiger partial charge < -0.3 is 26.3 Å². The van der Waals surface area contributed by atoms with Gasteiger partial charge in [-0.2, -0.15) is 0 Å². The number of aromatic hydroxyl groups is 2. The molecule has 0 aliphatic carbocycles. The maximum Gasteiger partial charge on any atom is 0.319 e. The molecule has 0 fully saturated rings. The molecule has 0 aliphatic heterocycles. The summed E-state index contributed by atoms with van der Waals surface area (Å²) in [5, 5.41) is 34.7. The summed E-state index contributed by atoms with van der Waals surface area (Å²) in [7, 11) is 0. The van der Waals surface area contributed by atoms with Gasteiger partial charge in [-0.15, -0.1) is 0 Å². The number of nitrogens with zero attached hydrogens (tertiary/aromatic N) is 1. The van der Waals surface area contributed by atoms with Crippen LogP contribution in [0, 0.1) is 5.41 Å². The van der Waals surface area contributed by atoms with E-state index in [1.54, 1.807) is 54.9 Å². The summed E-state index contributed by atoms with van der Waals surface area (Å²) in [5.74, 6) is -0.0576. The first-order valence-electron chi connectivity index (χ1n) is 10.7. The lowest BCUT2D eigenvalue weighted by molar-refractivity contribution is 0.248. The highest BCUT2D eigenvalue weighted by Crippen LogP contribution is 2.31. The van der Waals surface area contributed by atoms with Gasteiger partial charge in [0.15, 0.2) is 0 Å². The molecule has 170 valence electrons. The van der Waals surface area contributed by atoms with Crippen molar-refractivity contribution in [2.24, 2.45) is 0 Å². The fourth-order valence-corrected chi connectivity index (χ4v) is 3.65. The van der Waals surface area contributed by atoms with Crippen molar-refractivity contribution in [2.75, 3.05) is 5.32 Å². The molecule has 3 aromatic carbocycles. The fourth-order valence-electron chi connectivity index (χ4n) is 3.65. The zero-order chi connectivity index (χ0) is 23.9. The van der Waals surface area contributed by atoms with Gasteiger partial charge in [0.05, 0.1) is 11.7 Å². The van der Waals surface area contributed by atoms with Crippen molar-refractivity contribution < 1.29 is 15.0 Å². The quantitative estimate of drug-likeness (QED) is 0.188. The molecule has 0 saturated heterocycles. The zero-order valence-corrected chi connectivity index (χ0v) is 18.3. The van der Waals surface area contributed by atoms with Crippen LogP contribution in [0.5, 0.6) is 11.5 Å². The Morgan fingerprint density at radius 3 is 2.38 bits per heavy atom. The van der Waals surface area contributed by atoms with Gasteiger partial charge in [-0.3, -0.25) is 4.98 Å². The number of anilines is 1. The molecule has 4 rings (SSSR count). The second kappa shape index (κ2) is 10.3. The molecule has 7 heteroatoms. The third-order valence-electron chi connectivity index (χ3n) is 5.39. The van der Waals surface area contributed by atoms with Crippen LogP contribution in [0.2, 0.25) is 0 Å². The van der Waals surface area contributed by atoms with Gasteiger partial charge in [-0.05, 0) is 35.4 Å². The van der Waals surface area contributed by atoms with E-state index in [-0.39, 0.29) is 29.3 Å². The Labute approximate surface area is 197 Å². The summed E-state index contributed by atoms with van der Waals surface area (Å²) < 4.78 is 0. The van der Waals surface area contributed by atoms with Crippen LogP contribution in [0.15, 0.2) is 97.3 Å². The molecule has 0 spiro atoms. The van der Waals surface area contributed by atoms with Crippen LogP contribution in [0.4, 0.5) is 10.5 Å². The smallest absolute Gasteiger partial charge is 0.319 e. The number of hydrogen-bond donors (Lipinski definition) is 5. The highest BCUT2D eigenvalue weighted by Gasteiger charge is 2.21. The topological polar surface area (TPSA) is 118 Å². The molecular formula is C27H24N4O3. The van der Waals surface area contributed by atoms with Crippen molar-refractivity contribution in [3.05, 3.63) is 108 Å². The van der Waals surface area contributed by atoms with Gasteiger partial charge in [0, 0.05) is 35.7 Å². The predicted octanol–water partition coefficient (Wildman–Crippen LogP) is 5.48. The summed E-state index contributed by atoms with van der Waals surface area (Å²) in [5.41, 5.74) is 3.40. The number of phenols is 2. The number of urea groups is 1. The molecule has 0 saturated carbocycles. The monoisotopic (exact) mass is 452 g/mol. The molecule has 1 heterocycles. The van der Waals surface area contributed by atoms with Crippen LogP contribution >= 0.6 is 0 Å². The first-order chi connectivity index (χ1) is 16.5. The van der Waals surface area contributed by atoms with E-state index in [0.29, 0.717) is 11.1 Å². The van der Waals surface area contributed by atoms with E-state index >= 15 is 0 Å². The zero-order valence-electron chi connectivity index (χ0n) is 18.3. The number of amides is 2. The largest absolute Gasteiger partial charge is 0.508 e. The van der Waals surface area contributed by atoms with Crippen molar-refractivity contribution >= 4 is 17.4 Å². The van der Waals surface area contributed by atoms with Crippen molar-refractivity contribution in [3.8, 4) is 22.6 Å². The van der Waals surface area contributed by atoms with Crippen molar-refractivity contribution in [3.63, 3.8) is 0 Å². The molecule has 0 radical (unpaired) electrons. The lowest BCUT2D eigenvalue weighted by atomic mass is 9.97. The summed E-state index contributed by atoms with van der Waals surface area (Å²) in [6, 6.07) is 23.5. The Hall–Kier alpha value is -4.65. The third kappa shape index (κ3) is 5.39. The average molecular weight is 453 g/mol. The van der Waals surface area contributed by atoms with E-state index in [9.17, 15) is 15.0 Å². The number of nitrogens with one attached hydrogen (secondary N) is 3. The van der Waals surface area contributed by atoms with Crippen LogP contribution in [0.25, 0.3) is 11.1 Å². The number of aromatic nitrogens is 1. The number of para-hydroxylation sites is 1. The van der Waals surface area contributed by atoms with Gasteiger partial charge in [0.25, 0.3) is 0 Å². The summed E-state index contributed by atoms with van der Waals surface area (Å²) in [4.78, 5) is 17.0. The van der Waals surface area contributed by atoms with Gasteiger partial charge in [-0.25, -0.2) is 4.79 Å². The molecule has 4 aromatic rings. The Morgan fingerprint density at radius 2 is 1.65 bits per heavy atom. The highest BCUT2D eigenvalue weighted by molar-refractivity contribution is 5.99. The molecule has 1 aromatic heterocycles. The molecule has 1 unspecified atom stereocenters. The van der Waals surface area contributed by atoms with Crippen LogP contribution < -0.4 is 10.6 Å². The molecule has 0 aliphatic rings. The Balaban J connectivity index is 1.55. The minimum absolute atomic E-state index is 0.0145. The number of hydrogen-bond acceptors (Lipinski definition) is 5. The maximum atomic E-state index is 12.9. The van der Waals surface area contributed by atoms with Crippen LogP contribution in [0.3, 0.4) is 0 Å². The number of rotatable bonds is 7. The number of pyridine rings is 1. The minimum atomic E-state index is -0.687. The lowest BCUT2D eigenvalue weighted by Gasteiger charge is -2.21. The number of carbonyl (C=O) groups excluding carboxylic acids is 1. The number of benzene rings is 3. The molecule has 1 atom stereocenters. The van der Waals surface area contributed by atoms with Crippen molar-refractivity contribution in [1.29, 1.82) is 5.41 Å². The molecule has 0 bridgehead atoms. The molecular weight excluding hydrogens is 428 g/mol. The summed E-state index contributed by atoms with van der Waals surface area (Å²) in [6.45, 7) is 0. The van der Waals surface area contributed by atoms with Crippen molar-refractivity contribution in [1.82, 2.24) is 10.3 Å². The predicted molar refractivity (Wildman–Crippen MR) is 132 cm³/mol. The van der Waals surface area contributed by atoms with E-state index < -0.39 is 12.1 Å². The first-order valence-corrected chi connectivity index (χ1v) is 10.7. The lowest BCUT2D eigenvalue weighted by Crippen LogP contribution is -2.34. The van der Waals surface area contributed by atoms with E-state index in [1.807, 2.05) is 30.3 Å². The third-order valence-corrected chi connectivity index (χ3v) is 5.39. The van der Waals surface area contributed by atoms with E-state index in [4.69, 9.17) is 5.41 Å². The number of phenolic OH excluding ortho intramolecular Hbond substituents is 2. The molecule has 7 nitrogen and oxygen atoms in total. The van der Waals surface area contributed by atoms with Crippen LogP contribution in [-0.4, -0.2) is 26.9 Å². The van der Waals surface area contributed by atoms with E-state index in [0.717, 1.165) is 11.1 Å². The fraction of sp³-hybridized carbons (Fsp3) is 0.0741. The van der Waals surface area contributed by atoms with Gasteiger partial charge in [-0.1, -0.05) is 60.7 Å². The second-order valence-corrected chi connectivity index (χ2v) is 7.73. The standard InChI is InChI=1S/C27H24N4O3/c28-22(20-9-6-14-29-17-20)16-23(21-10-4-5-11-25(21)32)30-27(34)31-24-15-19(12-13-26(24)33)18-7-2-1-3-8-18/h1-15,17,23,28,32-33H,16H2,(H2,30,31,34). The van der Waals surface area contributed by atoms with Crippen LogP contribution in [-0.2, 0) is 0 Å². The molecule has 2 amide bonds. The van der Waals surface area contributed by atoms with Crippen LogP contribution in [0.1, 0.15) is 23.6 Å². The minimum Gasteiger partial charge on any atom is -0.508 e. The van der Waals surface area contributed by atoms with E-state index in [2.05, 4.69) is 15.6 Å². The first kappa shape index (κ1) is 22.5. The second-order valence-electron chi connectivity index (χ2n) is 7.73.